The van der Waals surface area contributed by atoms with Crippen molar-refractivity contribution in [2.75, 3.05) is 11.5 Å². The first-order valence-corrected chi connectivity index (χ1v) is 6.89. The molecular formula is C9H19NO2S2. The van der Waals surface area contributed by atoms with Crippen molar-refractivity contribution in [1.82, 2.24) is 3.71 Å². The van der Waals surface area contributed by atoms with Crippen LogP contribution in [0.3, 0.4) is 0 Å². The quantitative estimate of drug-likeness (QED) is 0.514. The molecule has 0 rings (SSSR count). The van der Waals surface area contributed by atoms with Crippen molar-refractivity contribution in [3.63, 3.8) is 0 Å². The molecule has 5 heteroatoms. The summed E-state index contributed by atoms with van der Waals surface area (Å²) in [4.78, 5) is 10.8. The largest absolute Gasteiger partial charge is 0.464 e. The third-order valence-electron chi connectivity index (χ3n) is 1.57. The number of nitrogens with zero attached hydrogens (tertiary/aromatic N) is 1. The van der Waals surface area contributed by atoms with Crippen LogP contribution in [0, 0.1) is 0 Å². The summed E-state index contributed by atoms with van der Waals surface area (Å²) in [7, 11) is 0. The van der Waals surface area contributed by atoms with Gasteiger partial charge in [0.1, 0.15) is 0 Å². The zero-order chi connectivity index (χ0) is 10.8. The number of carbonyl (C=O) groups is 1. The molecule has 84 valence electrons. The van der Waals surface area contributed by atoms with Crippen LogP contribution in [0.25, 0.3) is 0 Å². The second-order valence-corrected chi connectivity index (χ2v) is 5.21. The highest BCUT2D eigenvalue weighted by molar-refractivity contribution is 8.12. The van der Waals surface area contributed by atoms with Crippen molar-refractivity contribution in [3.8, 4) is 0 Å². The molecule has 3 nitrogen and oxygen atoms in total. The zero-order valence-electron chi connectivity index (χ0n) is 8.86. The van der Waals surface area contributed by atoms with E-state index in [0.29, 0.717) is 0 Å². The molecular weight excluding hydrogens is 218 g/mol. The molecule has 0 aliphatic rings. The van der Waals surface area contributed by atoms with Crippen LogP contribution in [0.4, 0.5) is 4.79 Å². The van der Waals surface area contributed by atoms with Crippen LogP contribution in [0.15, 0.2) is 0 Å². The maximum atomic E-state index is 10.8. The predicted octanol–water partition coefficient (Wildman–Crippen LogP) is 3.86. The van der Waals surface area contributed by atoms with Crippen molar-refractivity contribution < 1.29 is 9.90 Å². The molecule has 1 N–H and O–H groups in total. The Kier molecular flexibility index (Phi) is 9.50. The van der Waals surface area contributed by atoms with E-state index in [0.717, 1.165) is 37.2 Å². The Balaban J connectivity index is 3.61. The summed E-state index contributed by atoms with van der Waals surface area (Å²) in [5.41, 5.74) is 0. The Morgan fingerprint density at radius 1 is 1.14 bits per heavy atom. The van der Waals surface area contributed by atoms with E-state index in [9.17, 15) is 4.79 Å². The maximum absolute atomic E-state index is 10.8. The number of unbranched alkanes of at least 4 members (excludes halogenated alkanes) is 2. The summed E-state index contributed by atoms with van der Waals surface area (Å²) in [6, 6.07) is 0. The molecule has 0 atom stereocenters. The Bertz CT molecular complexity index is 146. The van der Waals surface area contributed by atoms with Crippen molar-refractivity contribution in [2.45, 2.75) is 39.5 Å². The third kappa shape index (κ3) is 7.38. The molecule has 0 radical (unpaired) electrons. The van der Waals surface area contributed by atoms with Gasteiger partial charge in [-0.05, 0) is 36.7 Å². The second kappa shape index (κ2) is 9.52. The van der Waals surface area contributed by atoms with E-state index in [2.05, 4.69) is 13.8 Å². The van der Waals surface area contributed by atoms with Gasteiger partial charge in [0.05, 0.1) is 0 Å². The van der Waals surface area contributed by atoms with Gasteiger partial charge in [0.15, 0.2) is 0 Å². The van der Waals surface area contributed by atoms with Gasteiger partial charge in [-0.3, -0.25) is 0 Å². The third-order valence-corrected chi connectivity index (χ3v) is 3.93. The van der Waals surface area contributed by atoms with Crippen molar-refractivity contribution >= 4 is 30.0 Å². The van der Waals surface area contributed by atoms with E-state index >= 15 is 0 Å². The lowest BCUT2D eigenvalue weighted by molar-refractivity contribution is 0.191. The van der Waals surface area contributed by atoms with Gasteiger partial charge in [-0.25, -0.2) is 4.79 Å². The molecule has 0 saturated heterocycles. The number of hydrogen-bond acceptors (Lipinski definition) is 3. The topological polar surface area (TPSA) is 40.5 Å². The average molecular weight is 237 g/mol. The number of hydrogen-bond donors (Lipinski definition) is 1. The van der Waals surface area contributed by atoms with Crippen LogP contribution >= 0.6 is 23.9 Å². The lowest BCUT2D eigenvalue weighted by atomic mass is 10.4. The van der Waals surface area contributed by atoms with E-state index < -0.39 is 6.09 Å². The Morgan fingerprint density at radius 2 is 1.57 bits per heavy atom. The molecule has 0 fully saturated rings. The van der Waals surface area contributed by atoms with Gasteiger partial charge in [-0.2, -0.15) is 3.71 Å². The SMILES string of the molecule is CCCCSN(SCCCC)C(=O)O. The summed E-state index contributed by atoms with van der Waals surface area (Å²) in [6.07, 6.45) is 3.53. The molecule has 0 aromatic heterocycles. The number of amides is 1. The molecule has 1 amide bonds. The summed E-state index contributed by atoms with van der Waals surface area (Å²) in [5.74, 6) is 1.78. The minimum atomic E-state index is -0.841. The minimum Gasteiger partial charge on any atom is -0.464 e. The van der Waals surface area contributed by atoms with Crippen LogP contribution in [-0.2, 0) is 0 Å². The Morgan fingerprint density at radius 3 is 1.86 bits per heavy atom. The number of rotatable bonds is 8. The van der Waals surface area contributed by atoms with E-state index in [-0.39, 0.29) is 0 Å². The van der Waals surface area contributed by atoms with Crippen LogP contribution in [0.5, 0.6) is 0 Å². The highest BCUT2D eigenvalue weighted by Gasteiger charge is 2.12. The molecule has 0 saturated carbocycles. The normalized spacial score (nSPS) is 10.1. The molecule has 0 unspecified atom stereocenters. The minimum absolute atomic E-state index is 0.841. The molecule has 0 heterocycles. The van der Waals surface area contributed by atoms with Crippen molar-refractivity contribution in [1.29, 1.82) is 0 Å². The van der Waals surface area contributed by atoms with Crippen LogP contribution < -0.4 is 0 Å². The van der Waals surface area contributed by atoms with Crippen LogP contribution in [-0.4, -0.2) is 26.4 Å². The monoisotopic (exact) mass is 237 g/mol. The van der Waals surface area contributed by atoms with Crippen LogP contribution in [0.2, 0.25) is 0 Å². The molecule has 0 aliphatic carbocycles. The first-order valence-electron chi connectivity index (χ1n) is 5.01. The fourth-order valence-electron chi connectivity index (χ4n) is 0.731. The van der Waals surface area contributed by atoms with E-state index in [4.69, 9.17) is 5.11 Å². The highest BCUT2D eigenvalue weighted by Crippen LogP contribution is 2.23. The summed E-state index contributed by atoms with van der Waals surface area (Å²) in [6.45, 7) is 4.21. The Labute approximate surface area is 94.9 Å². The molecule has 0 spiro atoms. The summed E-state index contributed by atoms with van der Waals surface area (Å²) in [5, 5.41) is 8.86. The lowest BCUT2D eigenvalue weighted by Gasteiger charge is -2.15. The number of carboxylic acid groups (broad SMARTS) is 1. The summed E-state index contributed by atoms with van der Waals surface area (Å²) >= 11 is 2.80. The van der Waals surface area contributed by atoms with Gasteiger partial charge >= 0.3 is 6.09 Å². The summed E-state index contributed by atoms with van der Waals surface area (Å²) < 4.78 is 1.38. The highest BCUT2D eigenvalue weighted by atomic mass is 32.2. The smallest absolute Gasteiger partial charge is 0.427 e. The Hall–Kier alpha value is -0.0300. The fourth-order valence-corrected chi connectivity index (χ4v) is 2.86. The molecule has 0 aliphatic heterocycles. The first-order chi connectivity index (χ1) is 6.72. The lowest BCUT2D eigenvalue weighted by Crippen LogP contribution is -2.15. The van der Waals surface area contributed by atoms with Crippen LogP contribution in [0.1, 0.15) is 39.5 Å². The second-order valence-electron chi connectivity index (χ2n) is 2.91. The molecule has 0 bridgehead atoms. The maximum Gasteiger partial charge on any atom is 0.427 e. The predicted molar refractivity (Wildman–Crippen MR) is 64.6 cm³/mol. The molecule has 0 aromatic carbocycles. The van der Waals surface area contributed by atoms with Gasteiger partial charge in [0.2, 0.25) is 0 Å². The fraction of sp³-hybridized carbons (Fsp3) is 0.889. The van der Waals surface area contributed by atoms with Gasteiger partial charge in [0.25, 0.3) is 0 Å². The molecule has 0 aromatic rings. The first kappa shape index (κ1) is 14.0. The van der Waals surface area contributed by atoms with E-state index in [1.165, 1.54) is 27.6 Å². The molecule has 14 heavy (non-hydrogen) atoms. The standard InChI is InChI=1S/C9H19NO2S2/c1-3-5-7-13-10(9(11)12)14-8-6-4-2/h3-8H2,1-2H3,(H,11,12). The van der Waals surface area contributed by atoms with Gasteiger partial charge < -0.3 is 5.11 Å². The average Bonchev–Trinajstić information content (AvgIpc) is 2.15. The van der Waals surface area contributed by atoms with Crippen molar-refractivity contribution in [2.24, 2.45) is 0 Å². The zero-order valence-corrected chi connectivity index (χ0v) is 10.5. The van der Waals surface area contributed by atoms with Crippen molar-refractivity contribution in [3.05, 3.63) is 0 Å². The van der Waals surface area contributed by atoms with Gasteiger partial charge in [-0.1, -0.05) is 26.7 Å². The van der Waals surface area contributed by atoms with E-state index in [1.54, 1.807) is 0 Å². The van der Waals surface area contributed by atoms with E-state index in [1.807, 2.05) is 0 Å². The van der Waals surface area contributed by atoms with Gasteiger partial charge in [-0.15, -0.1) is 0 Å². The van der Waals surface area contributed by atoms with Gasteiger partial charge in [0, 0.05) is 11.5 Å².